The Morgan fingerprint density at radius 1 is 1.15 bits per heavy atom. The number of halogens is 1. The van der Waals surface area contributed by atoms with Gasteiger partial charge < -0.3 is 10.1 Å². The quantitative estimate of drug-likeness (QED) is 0.455. The first-order chi connectivity index (χ1) is 12.4. The van der Waals surface area contributed by atoms with Crippen LogP contribution in [0.25, 0.3) is 0 Å². The van der Waals surface area contributed by atoms with Crippen molar-refractivity contribution in [3.05, 3.63) is 58.9 Å². The van der Waals surface area contributed by atoms with Crippen molar-refractivity contribution in [3.63, 3.8) is 0 Å². The number of esters is 1. The molecule has 136 valence electrons. The van der Waals surface area contributed by atoms with Crippen LogP contribution in [-0.2, 0) is 14.3 Å². The second-order valence-electron chi connectivity index (χ2n) is 5.75. The third-order valence-corrected chi connectivity index (χ3v) is 3.93. The molecule has 1 aromatic heterocycles. The zero-order chi connectivity index (χ0) is 19.1. The number of carbonyl (C=O) groups excluding carboxylic acids is 3. The summed E-state index contributed by atoms with van der Waals surface area (Å²) in [5.74, 6) is -1.30. The Hall–Kier alpha value is -2.73. The second kappa shape index (κ2) is 9.10. The van der Waals surface area contributed by atoms with Crippen molar-refractivity contribution in [1.82, 2.24) is 4.98 Å². The smallest absolute Gasteiger partial charge is 0.307 e. The maximum absolute atomic E-state index is 12.1. The van der Waals surface area contributed by atoms with Crippen molar-refractivity contribution >= 4 is 34.9 Å². The Morgan fingerprint density at radius 3 is 2.50 bits per heavy atom. The molecule has 0 aliphatic carbocycles. The highest BCUT2D eigenvalue weighted by Crippen LogP contribution is 2.18. The van der Waals surface area contributed by atoms with Crippen molar-refractivity contribution in [2.75, 3.05) is 5.32 Å². The Labute approximate surface area is 156 Å². The van der Waals surface area contributed by atoms with Gasteiger partial charge in [0.25, 0.3) is 5.91 Å². The van der Waals surface area contributed by atoms with Crippen molar-refractivity contribution < 1.29 is 19.1 Å². The number of nitrogens with one attached hydrogen (secondary N) is 1. The Morgan fingerprint density at radius 2 is 1.85 bits per heavy atom. The predicted molar refractivity (Wildman–Crippen MR) is 98.2 cm³/mol. The van der Waals surface area contributed by atoms with Crippen LogP contribution >= 0.6 is 11.6 Å². The van der Waals surface area contributed by atoms with E-state index in [1.807, 2.05) is 19.1 Å². The van der Waals surface area contributed by atoms with E-state index in [-0.39, 0.29) is 23.8 Å². The minimum atomic E-state index is -1.02. The summed E-state index contributed by atoms with van der Waals surface area (Å²) in [7, 11) is 0. The highest BCUT2D eigenvalue weighted by atomic mass is 35.5. The lowest BCUT2D eigenvalue weighted by Crippen LogP contribution is -2.30. The van der Waals surface area contributed by atoms with Crippen LogP contribution in [0.5, 0.6) is 0 Å². The molecule has 1 N–H and O–H groups in total. The van der Waals surface area contributed by atoms with Gasteiger partial charge in [-0.25, -0.2) is 4.98 Å². The number of carbonyl (C=O) groups is 3. The third-order valence-electron chi connectivity index (χ3n) is 3.62. The van der Waals surface area contributed by atoms with Gasteiger partial charge in [0.15, 0.2) is 17.0 Å². The lowest BCUT2D eigenvalue weighted by atomic mass is 10.1. The number of anilines is 1. The Kier molecular flexibility index (Phi) is 6.86. The van der Waals surface area contributed by atoms with Crippen LogP contribution in [-0.4, -0.2) is 28.7 Å². The van der Waals surface area contributed by atoms with E-state index in [0.717, 1.165) is 5.56 Å². The molecule has 26 heavy (non-hydrogen) atoms. The fourth-order valence-electron chi connectivity index (χ4n) is 2.12. The summed E-state index contributed by atoms with van der Waals surface area (Å²) in [6, 6.07) is 10.3. The number of nitrogens with zero attached hydrogens (tertiary/aromatic N) is 1. The van der Waals surface area contributed by atoms with Crippen molar-refractivity contribution in [2.45, 2.75) is 32.8 Å². The maximum Gasteiger partial charge on any atom is 0.307 e. The molecule has 0 saturated carbocycles. The molecule has 0 aliphatic rings. The van der Waals surface area contributed by atoms with Crippen molar-refractivity contribution in [1.29, 1.82) is 0 Å². The van der Waals surface area contributed by atoms with Crippen molar-refractivity contribution in [3.8, 4) is 0 Å². The SMILES string of the molecule is Cc1ccc(C(=O)CCC(=O)O[C@H](C)C(=O)Nc2cccnc2Cl)cc1. The number of hydrogen-bond acceptors (Lipinski definition) is 5. The summed E-state index contributed by atoms with van der Waals surface area (Å²) in [6.07, 6.45) is 0.392. The first-order valence-corrected chi connectivity index (χ1v) is 8.45. The average molecular weight is 375 g/mol. The van der Waals surface area contributed by atoms with Crippen LogP contribution in [0.3, 0.4) is 0 Å². The van der Waals surface area contributed by atoms with Gasteiger partial charge in [0.05, 0.1) is 12.1 Å². The van der Waals surface area contributed by atoms with Crippen molar-refractivity contribution in [2.24, 2.45) is 0 Å². The van der Waals surface area contributed by atoms with Gasteiger partial charge in [-0.2, -0.15) is 0 Å². The van der Waals surface area contributed by atoms with Crippen LogP contribution in [0.4, 0.5) is 5.69 Å². The molecule has 0 fully saturated rings. The van der Waals surface area contributed by atoms with Crippen LogP contribution in [0.1, 0.15) is 35.7 Å². The molecule has 2 aromatic rings. The fraction of sp³-hybridized carbons (Fsp3) is 0.263. The lowest BCUT2D eigenvalue weighted by Gasteiger charge is -2.13. The molecule has 1 aromatic carbocycles. The molecular formula is C19H19ClN2O4. The summed E-state index contributed by atoms with van der Waals surface area (Å²) < 4.78 is 5.06. The largest absolute Gasteiger partial charge is 0.453 e. The van der Waals surface area contributed by atoms with E-state index in [4.69, 9.17) is 16.3 Å². The normalized spacial score (nSPS) is 11.5. The van der Waals surface area contributed by atoms with E-state index < -0.39 is 18.0 Å². The number of hydrogen-bond donors (Lipinski definition) is 1. The van der Waals surface area contributed by atoms with Gasteiger partial charge in [-0.15, -0.1) is 0 Å². The molecule has 1 atom stereocenters. The molecule has 0 aliphatic heterocycles. The Bertz CT molecular complexity index is 805. The van der Waals surface area contributed by atoms with Crippen LogP contribution < -0.4 is 5.32 Å². The zero-order valence-electron chi connectivity index (χ0n) is 14.5. The standard InChI is InChI=1S/C19H19ClN2O4/c1-12-5-7-14(8-6-12)16(23)9-10-17(24)26-13(2)19(25)22-15-4-3-11-21-18(15)20/h3-8,11,13H,9-10H2,1-2H3,(H,22,25)/t13-/m1/s1. The van der Waals surface area contributed by atoms with Crippen LogP contribution in [0.2, 0.25) is 5.15 Å². The first kappa shape index (κ1) is 19.6. The number of rotatable bonds is 7. The summed E-state index contributed by atoms with van der Waals surface area (Å²) in [4.78, 5) is 39.8. The van der Waals surface area contributed by atoms with E-state index in [9.17, 15) is 14.4 Å². The molecule has 7 heteroatoms. The molecule has 0 saturated heterocycles. The van der Waals surface area contributed by atoms with Crippen LogP contribution in [0, 0.1) is 6.92 Å². The molecule has 2 rings (SSSR count). The maximum atomic E-state index is 12.1. The van der Waals surface area contributed by atoms with Gasteiger partial charge in [-0.3, -0.25) is 14.4 Å². The molecular weight excluding hydrogens is 356 g/mol. The molecule has 0 bridgehead atoms. The molecule has 1 heterocycles. The number of ketones is 1. The minimum absolute atomic E-state index is 0.0185. The number of pyridine rings is 1. The molecule has 0 radical (unpaired) electrons. The summed E-state index contributed by atoms with van der Waals surface area (Å²) in [5.41, 5.74) is 1.92. The fourth-order valence-corrected chi connectivity index (χ4v) is 2.29. The molecule has 0 spiro atoms. The summed E-state index contributed by atoms with van der Waals surface area (Å²) in [5, 5.41) is 2.68. The van der Waals surface area contributed by atoms with E-state index >= 15 is 0 Å². The van der Waals surface area contributed by atoms with Gasteiger partial charge in [0, 0.05) is 18.2 Å². The van der Waals surface area contributed by atoms with E-state index in [0.29, 0.717) is 11.3 Å². The number of ether oxygens (including phenoxy) is 1. The number of aromatic nitrogens is 1. The van der Waals surface area contributed by atoms with Gasteiger partial charge in [-0.1, -0.05) is 41.4 Å². The highest BCUT2D eigenvalue weighted by molar-refractivity contribution is 6.32. The summed E-state index contributed by atoms with van der Waals surface area (Å²) >= 11 is 5.86. The second-order valence-corrected chi connectivity index (χ2v) is 6.11. The average Bonchev–Trinajstić information content (AvgIpc) is 2.62. The highest BCUT2D eigenvalue weighted by Gasteiger charge is 2.19. The van der Waals surface area contributed by atoms with Gasteiger partial charge >= 0.3 is 5.97 Å². The number of amides is 1. The Balaban J connectivity index is 1.81. The summed E-state index contributed by atoms with van der Waals surface area (Å²) in [6.45, 7) is 3.37. The number of benzene rings is 1. The van der Waals surface area contributed by atoms with Crippen LogP contribution in [0.15, 0.2) is 42.6 Å². The van der Waals surface area contributed by atoms with E-state index in [2.05, 4.69) is 10.3 Å². The molecule has 6 nitrogen and oxygen atoms in total. The van der Waals surface area contributed by atoms with E-state index in [1.165, 1.54) is 13.1 Å². The third kappa shape index (κ3) is 5.67. The molecule has 1 amide bonds. The van der Waals surface area contributed by atoms with Gasteiger partial charge in [0.1, 0.15) is 0 Å². The zero-order valence-corrected chi connectivity index (χ0v) is 15.2. The first-order valence-electron chi connectivity index (χ1n) is 8.07. The lowest BCUT2D eigenvalue weighted by molar-refractivity contribution is -0.153. The topological polar surface area (TPSA) is 85.4 Å². The number of aryl methyl sites for hydroxylation is 1. The monoisotopic (exact) mass is 374 g/mol. The van der Waals surface area contributed by atoms with Gasteiger partial charge in [0.2, 0.25) is 0 Å². The number of Topliss-reactive ketones (excluding diaryl/α,β-unsaturated/α-hetero) is 1. The van der Waals surface area contributed by atoms with Gasteiger partial charge in [-0.05, 0) is 26.0 Å². The van der Waals surface area contributed by atoms with E-state index in [1.54, 1.807) is 24.3 Å². The predicted octanol–water partition coefficient (Wildman–Crippen LogP) is 3.58. The molecule has 0 unspecified atom stereocenters. The minimum Gasteiger partial charge on any atom is -0.453 e.